The molecular formula is C32H37N3O6. The van der Waals surface area contributed by atoms with Crippen LogP contribution in [0.1, 0.15) is 82.5 Å². The molecule has 9 heteroatoms. The number of carbonyl (C=O) groups is 3. The Labute approximate surface area is 240 Å². The molecule has 1 saturated heterocycles. The van der Waals surface area contributed by atoms with Crippen molar-refractivity contribution in [3.8, 4) is 5.75 Å². The topological polar surface area (TPSA) is 130 Å². The summed E-state index contributed by atoms with van der Waals surface area (Å²) < 4.78 is 5.20. The van der Waals surface area contributed by atoms with Crippen molar-refractivity contribution in [1.29, 1.82) is 0 Å². The molecule has 2 aromatic carbocycles. The summed E-state index contributed by atoms with van der Waals surface area (Å²) in [5.41, 5.74) is 4.16. The quantitative estimate of drug-likeness (QED) is 0.228. The number of hydrogen-bond donors (Lipinski definition) is 2. The van der Waals surface area contributed by atoms with Gasteiger partial charge in [0.05, 0.1) is 17.9 Å². The van der Waals surface area contributed by atoms with Crippen molar-refractivity contribution < 1.29 is 29.3 Å². The second-order valence-electron chi connectivity index (χ2n) is 10.4. The van der Waals surface area contributed by atoms with E-state index in [0.717, 1.165) is 42.7 Å². The molecule has 4 rings (SSSR count). The summed E-state index contributed by atoms with van der Waals surface area (Å²) in [4.78, 5) is 46.8. The number of nitrogens with zero attached hydrogens (tertiary/aromatic N) is 3. The van der Waals surface area contributed by atoms with Gasteiger partial charge in [0.2, 0.25) is 0 Å². The highest BCUT2D eigenvalue weighted by molar-refractivity contribution is 5.97. The molecule has 2 N–H and O–H groups in total. The third kappa shape index (κ3) is 7.90. The summed E-state index contributed by atoms with van der Waals surface area (Å²) in [6, 6.07) is 16.0. The van der Waals surface area contributed by atoms with Gasteiger partial charge in [-0.05, 0) is 74.8 Å². The number of benzene rings is 2. The van der Waals surface area contributed by atoms with Gasteiger partial charge in [0, 0.05) is 38.0 Å². The molecule has 2 heterocycles. The summed E-state index contributed by atoms with van der Waals surface area (Å²) in [6.07, 6.45) is 3.27. The first-order chi connectivity index (χ1) is 19.7. The summed E-state index contributed by atoms with van der Waals surface area (Å²) >= 11 is 0. The van der Waals surface area contributed by atoms with Crippen molar-refractivity contribution in [3.63, 3.8) is 0 Å². The Morgan fingerprint density at radius 1 is 1.00 bits per heavy atom. The molecule has 0 atom stereocenters. The molecule has 3 aromatic rings. The van der Waals surface area contributed by atoms with E-state index >= 15 is 0 Å². The number of ketones is 1. The highest BCUT2D eigenvalue weighted by atomic mass is 16.5. The Bertz CT molecular complexity index is 1380. The summed E-state index contributed by atoms with van der Waals surface area (Å²) in [7, 11) is 0. The number of ether oxygens (including phenoxy) is 1. The summed E-state index contributed by atoms with van der Waals surface area (Å²) in [5, 5.41) is 19.2. The average Bonchev–Trinajstić information content (AvgIpc) is 2.96. The predicted octanol–water partition coefficient (Wildman–Crippen LogP) is 5.15. The molecule has 1 aromatic heterocycles. The molecule has 0 radical (unpaired) electrons. The van der Waals surface area contributed by atoms with Gasteiger partial charge in [0.1, 0.15) is 5.82 Å². The molecule has 1 aliphatic heterocycles. The molecule has 9 nitrogen and oxygen atoms in total. The van der Waals surface area contributed by atoms with Crippen LogP contribution < -0.4 is 4.90 Å². The van der Waals surface area contributed by atoms with Gasteiger partial charge in [0.25, 0.3) is 0 Å². The van der Waals surface area contributed by atoms with Crippen molar-refractivity contribution in [2.75, 3.05) is 24.6 Å². The van der Waals surface area contributed by atoms with Crippen LogP contribution in [0.4, 0.5) is 5.69 Å². The van der Waals surface area contributed by atoms with Crippen molar-refractivity contribution in [2.24, 2.45) is 5.92 Å². The van der Waals surface area contributed by atoms with Crippen LogP contribution in [0.25, 0.3) is 0 Å². The number of aromatic nitrogens is 2. The zero-order valence-corrected chi connectivity index (χ0v) is 23.6. The number of aliphatic carboxylic acids is 1. The van der Waals surface area contributed by atoms with E-state index in [9.17, 15) is 19.5 Å². The van der Waals surface area contributed by atoms with E-state index in [4.69, 9.17) is 9.84 Å². The Hall–Kier alpha value is -4.27. The minimum atomic E-state index is -0.958. The molecule has 0 aliphatic carbocycles. The van der Waals surface area contributed by atoms with Gasteiger partial charge in [-0.3, -0.25) is 9.59 Å². The van der Waals surface area contributed by atoms with E-state index < -0.39 is 5.97 Å². The van der Waals surface area contributed by atoms with Gasteiger partial charge < -0.3 is 19.8 Å². The molecule has 41 heavy (non-hydrogen) atoms. The molecule has 0 unspecified atom stereocenters. The van der Waals surface area contributed by atoms with Crippen LogP contribution in [-0.2, 0) is 22.4 Å². The molecular weight excluding hydrogens is 522 g/mol. The van der Waals surface area contributed by atoms with Crippen LogP contribution in [0.3, 0.4) is 0 Å². The number of carboxylic acid groups (broad SMARTS) is 1. The zero-order valence-electron chi connectivity index (χ0n) is 23.6. The number of hydrogen-bond acceptors (Lipinski definition) is 8. The minimum absolute atomic E-state index is 0.0136. The second kappa shape index (κ2) is 13.9. The van der Waals surface area contributed by atoms with Gasteiger partial charge in [0.15, 0.2) is 17.2 Å². The highest BCUT2D eigenvalue weighted by Gasteiger charge is 2.23. The fourth-order valence-electron chi connectivity index (χ4n) is 5.21. The number of esters is 1. The Balaban J connectivity index is 1.33. The third-order valence-electron chi connectivity index (χ3n) is 7.46. The Kier molecular flexibility index (Phi) is 10.1. The molecule has 1 fully saturated rings. The number of piperidine rings is 1. The zero-order chi connectivity index (χ0) is 29.4. The lowest BCUT2D eigenvalue weighted by molar-refractivity contribution is -0.137. The maximum Gasteiger partial charge on any atom is 0.338 e. The highest BCUT2D eigenvalue weighted by Crippen LogP contribution is 2.28. The largest absolute Gasteiger partial charge is 0.504 e. The van der Waals surface area contributed by atoms with E-state index in [-0.39, 0.29) is 42.5 Å². The van der Waals surface area contributed by atoms with Crippen LogP contribution in [0, 0.1) is 12.8 Å². The number of carbonyl (C=O) groups excluding carboxylic acids is 2. The minimum Gasteiger partial charge on any atom is -0.504 e. The Morgan fingerprint density at radius 3 is 2.39 bits per heavy atom. The van der Waals surface area contributed by atoms with E-state index in [2.05, 4.69) is 39.1 Å². The van der Waals surface area contributed by atoms with Crippen LogP contribution in [0.2, 0.25) is 0 Å². The van der Waals surface area contributed by atoms with Crippen LogP contribution in [0.15, 0.2) is 48.5 Å². The summed E-state index contributed by atoms with van der Waals surface area (Å²) in [6.45, 7) is 5.56. The van der Waals surface area contributed by atoms with Crippen LogP contribution in [-0.4, -0.2) is 57.6 Å². The van der Waals surface area contributed by atoms with Crippen molar-refractivity contribution in [2.45, 2.75) is 58.8 Å². The first-order valence-corrected chi connectivity index (χ1v) is 14.2. The monoisotopic (exact) mass is 559 g/mol. The lowest BCUT2D eigenvalue weighted by atomic mass is 9.92. The molecule has 216 valence electrons. The maximum atomic E-state index is 12.6. The molecule has 0 amide bonds. The van der Waals surface area contributed by atoms with E-state index in [1.54, 1.807) is 19.9 Å². The smallest absolute Gasteiger partial charge is 0.338 e. The molecule has 0 bridgehead atoms. The van der Waals surface area contributed by atoms with Crippen LogP contribution >= 0.6 is 0 Å². The number of Topliss-reactive ketones (excluding diaryl/α,β-unsaturated/α-hetero) is 1. The fraction of sp³-hybridized carbons (Fsp3) is 0.406. The van der Waals surface area contributed by atoms with Gasteiger partial charge in [-0.2, -0.15) is 0 Å². The number of rotatable bonds is 12. The predicted molar refractivity (Wildman–Crippen MR) is 155 cm³/mol. The number of anilines is 1. The van der Waals surface area contributed by atoms with Crippen molar-refractivity contribution in [3.05, 3.63) is 82.4 Å². The fourth-order valence-corrected chi connectivity index (χ4v) is 5.21. The maximum absolute atomic E-state index is 12.6. The Morgan fingerprint density at radius 2 is 1.71 bits per heavy atom. The van der Waals surface area contributed by atoms with Gasteiger partial charge in [-0.25, -0.2) is 14.8 Å². The lowest BCUT2D eigenvalue weighted by Gasteiger charge is -2.33. The van der Waals surface area contributed by atoms with Crippen LogP contribution in [0.5, 0.6) is 5.75 Å². The average molecular weight is 560 g/mol. The first-order valence-electron chi connectivity index (χ1n) is 14.2. The second-order valence-corrected chi connectivity index (χ2v) is 10.4. The van der Waals surface area contributed by atoms with E-state index in [0.29, 0.717) is 42.4 Å². The van der Waals surface area contributed by atoms with E-state index in [1.165, 1.54) is 0 Å². The van der Waals surface area contributed by atoms with Gasteiger partial charge in [-0.15, -0.1) is 0 Å². The number of aromatic hydroxyl groups is 1. The standard InChI is InChI=1S/C32H37N3O6/c1-3-41-32(40)26-8-5-4-7-24(26)19-22-11-13-25(14-12-22)35-17-15-23(16-18-35)20-28-33-21(2)31(39)30(34-28)27(36)9-6-10-29(37)38/h4-5,7-8,11-14,23,39H,3,6,9-10,15-20H2,1-2H3,(H,37,38). The normalized spacial score (nSPS) is 13.7. The van der Waals surface area contributed by atoms with E-state index in [1.807, 2.05) is 18.2 Å². The molecule has 0 saturated carbocycles. The number of aryl methyl sites for hydroxylation is 1. The SMILES string of the molecule is CCOC(=O)c1ccccc1Cc1ccc(N2CCC(Cc3nc(C)c(O)c(C(=O)CCCC(=O)O)n3)CC2)cc1. The van der Waals surface area contributed by atoms with Gasteiger partial charge >= 0.3 is 11.9 Å². The molecule has 0 spiro atoms. The van der Waals surface area contributed by atoms with Crippen molar-refractivity contribution >= 4 is 23.4 Å². The lowest BCUT2D eigenvalue weighted by Crippen LogP contribution is -2.34. The summed E-state index contributed by atoms with van der Waals surface area (Å²) in [5.74, 6) is -0.957. The van der Waals surface area contributed by atoms with Crippen molar-refractivity contribution in [1.82, 2.24) is 9.97 Å². The first kappa shape index (κ1) is 29.7. The number of carboxylic acids is 1. The van der Waals surface area contributed by atoms with Gasteiger partial charge in [-0.1, -0.05) is 30.3 Å². The third-order valence-corrected chi connectivity index (χ3v) is 7.46. The molecule has 1 aliphatic rings.